The first-order valence-corrected chi connectivity index (χ1v) is 1.26. The molecule has 0 aromatic rings. The molecule has 5 heavy (non-hydrogen) atoms. The quantitative estimate of drug-likeness (QED) is 0.392. The first kappa shape index (κ1) is 8.85. The maximum absolute atomic E-state index is 7.75. The summed E-state index contributed by atoms with van der Waals surface area (Å²) in [6.45, 7) is 1.93. The molecular weight excluding hydrogens is 66.8 g/mol. The standard InChI is InChI=1S/C2H6O.BO/c1-2-3;1-2/h3H,2H2,1H3;. The molecular formula is C2H6BO2. The van der Waals surface area contributed by atoms with Gasteiger partial charge >= 0.3 is 12.4 Å². The van der Waals surface area contributed by atoms with Gasteiger partial charge in [0.25, 0.3) is 0 Å². The molecule has 2 nitrogen and oxygen atoms in total. The molecule has 0 aliphatic heterocycles. The molecule has 0 heterocycles. The Morgan fingerprint density at radius 3 is 1.80 bits per heavy atom. The Balaban J connectivity index is 0. The molecule has 0 saturated heterocycles. The van der Waals surface area contributed by atoms with Crippen LogP contribution in [0.25, 0.3) is 0 Å². The fourth-order valence-corrected chi connectivity index (χ4v) is 0. The van der Waals surface area contributed by atoms with E-state index in [0.29, 0.717) is 0 Å². The Labute approximate surface area is 32.2 Å². The van der Waals surface area contributed by atoms with E-state index in [9.17, 15) is 0 Å². The second kappa shape index (κ2) is 44.9. The van der Waals surface area contributed by atoms with Crippen LogP contribution in [-0.2, 0) is 4.70 Å². The van der Waals surface area contributed by atoms with Crippen LogP contribution in [0.5, 0.6) is 0 Å². The summed E-state index contributed by atoms with van der Waals surface area (Å²) in [7, 11) is 3.25. The van der Waals surface area contributed by atoms with Gasteiger partial charge in [-0.3, -0.25) is 0 Å². The first-order chi connectivity index (χ1) is 2.41. The third-order valence-corrected chi connectivity index (χ3v) is 0. The third-order valence-electron chi connectivity index (χ3n) is 0. The zero-order chi connectivity index (χ0) is 4.71. The number of aliphatic hydroxyl groups is 1. The van der Waals surface area contributed by atoms with E-state index < -0.39 is 0 Å². The zero-order valence-corrected chi connectivity index (χ0v) is 3.14. The van der Waals surface area contributed by atoms with Crippen molar-refractivity contribution in [1.29, 1.82) is 0 Å². The van der Waals surface area contributed by atoms with E-state index in [1.54, 1.807) is 6.92 Å². The molecule has 0 bridgehead atoms. The van der Waals surface area contributed by atoms with Gasteiger partial charge in [0.1, 0.15) is 0 Å². The molecule has 0 rings (SSSR count). The fraction of sp³-hybridized carbons (Fsp3) is 1.00. The number of hydrogen-bond acceptors (Lipinski definition) is 2. The summed E-state index contributed by atoms with van der Waals surface area (Å²) in [4.78, 5) is 0. The van der Waals surface area contributed by atoms with E-state index in [-0.39, 0.29) is 6.61 Å². The first-order valence-electron chi connectivity index (χ1n) is 1.26. The molecule has 0 aliphatic rings. The summed E-state index contributed by atoms with van der Waals surface area (Å²) in [6, 6.07) is 0. The fourth-order valence-electron chi connectivity index (χ4n) is 0. The van der Waals surface area contributed by atoms with Crippen molar-refractivity contribution in [1.82, 2.24) is 0 Å². The van der Waals surface area contributed by atoms with Gasteiger partial charge in [-0.1, -0.05) is 0 Å². The van der Waals surface area contributed by atoms with Gasteiger partial charge in [0.2, 0.25) is 0 Å². The molecule has 0 unspecified atom stereocenters. The van der Waals surface area contributed by atoms with Crippen LogP contribution in [0.3, 0.4) is 0 Å². The van der Waals surface area contributed by atoms with Crippen molar-refractivity contribution in [3.8, 4) is 0 Å². The van der Waals surface area contributed by atoms with Crippen molar-refractivity contribution in [3.63, 3.8) is 0 Å². The maximum atomic E-state index is 7.75. The van der Waals surface area contributed by atoms with Gasteiger partial charge in [0.05, 0.1) is 0 Å². The molecule has 3 heteroatoms. The van der Waals surface area contributed by atoms with Gasteiger partial charge in [0.15, 0.2) is 0 Å². The Morgan fingerprint density at radius 1 is 1.80 bits per heavy atom. The second-order valence-electron chi connectivity index (χ2n) is 0.316. The Hall–Kier alpha value is -0.175. The normalized spacial score (nSPS) is 4.20. The molecule has 0 aromatic heterocycles. The van der Waals surface area contributed by atoms with Gasteiger partial charge in [-0.15, -0.1) is 0 Å². The van der Waals surface area contributed by atoms with Crippen LogP contribution in [-0.4, -0.2) is 19.4 Å². The van der Waals surface area contributed by atoms with Gasteiger partial charge in [0, 0.05) is 6.61 Å². The predicted octanol–water partition coefficient (Wildman–Crippen LogP) is -0.501. The van der Waals surface area contributed by atoms with Crippen molar-refractivity contribution in [2.24, 2.45) is 0 Å². The monoisotopic (exact) mass is 73.0 g/mol. The van der Waals surface area contributed by atoms with Crippen LogP contribution in [0.2, 0.25) is 0 Å². The molecule has 1 N–H and O–H groups in total. The average molecular weight is 72.9 g/mol. The van der Waals surface area contributed by atoms with Crippen LogP contribution >= 0.6 is 0 Å². The van der Waals surface area contributed by atoms with Crippen molar-refractivity contribution in [3.05, 3.63) is 0 Å². The van der Waals surface area contributed by atoms with Crippen molar-refractivity contribution in [2.45, 2.75) is 6.92 Å². The summed E-state index contributed by atoms with van der Waals surface area (Å²) < 4.78 is 7.75. The molecule has 0 atom stereocenters. The molecule has 0 saturated carbocycles. The molecule has 0 aromatic carbocycles. The van der Waals surface area contributed by atoms with Gasteiger partial charge < -0.3 is 5.11 Å². The predicted molar refractivity (Wildman–Crippen MR) is 19.2 cm³/mol. The summed E-state index contributed by atoms with van der Waals surface area (Å²) in [5.74, 6) is 0. The van der Waals surface area contributed by atoms with E-state index in [2.05, 4.69) is 7.72 Å². The van der Waals surface area contributed by atoms with Crippen molar-refractivity contribution >= 4 is 7.72 Å². The molecule has 0 aliphatic carbocycles. The van der Waals surface area contributed by atoms with E-state index >= 15 is 0 Å². The summed E-state index contributed by atoms with van der Waals surface area (Å²) >= 11 is 0. The van der Waals surface area contributed by atoms with Crippen LogP contribution in [0.4, 0.5) is 0 Å². The van der Waals surface area contributed by atoms with E-state index in [4.69, 9.17) is 9.81 Å². The van der Waals surface area contributed by atoms with Crippen molar-refractivity contribution in [2.75, 3.05) is 6.61 Å². The molecule has 1 radical (unpaired) electrons. The van der Waals surface area contributed by atoms with E-state index in [1.165, 1.54) is 0 Å². The molecule has 0 fully saturated rings. The number of hydrogen-bond donors (Lipinski definition) is 1. The Bertz CT molecular complexity index is 11.6. The summed E-state index contributed by atoms with van der Waals surface area (Å²) in [5, 5.41) is 7.57. The van der Waals surface area contributed by atoms with Crippen LogP contribution in [0.15, 0.2) is 0 Å². The average Bonchev–Trinajstić information content (AvgIpc) is 1.46. The molecule has 29 valence electrons. The van der Waals surface area contributed by atoms with E-state index in [1.807, 2.05) is 0 Å². The topological polar surface area (TPSA) is 37.3 Å². The van der Waals surface area contributed by atoms with Gasteiger partial charge in [-0.2, -0.15) is 0 Å². The Kier molecular flexibility index (Phi) is 79.4. The van der Waals surface area contributed by atoms with E-state index in [0.717, 1.165) is 0 Å². The number of rotatable bonds is 0. The minimum atomic E-state index is 0.250. The third kappa shape index (κ3) is 416. The van der Waals surface area contributed by atoms with Crippen LogP contribution in [0.1, 0.15) is 6.92 Å². The van der Waals surface area contributed by atoms with Gasteiger partial charge in [-0.05, 0) is 6.92 Å². The minimum absolute atomic E-state index is 0.250. The second-order valence-corrected chi connectivity index (χ2v) is 0.316. The van der Waals surface area contributed by atoms with Crippen LogP contribution < -0.4 is 0 Å². The molecule has 0 spiro atoms. The van der Waals surface area contributed by atoms with Crippen molar-refractivity contribution < 1.29 is 9.81 Å². The number of aliphatic hydroxyl groups excluding tert-OH is 1. The van der Waals surface area contributed by atoms with Crippen LogP contribution in [0, 0.1) is 0 Å². The zero-order valence-electron chi connectivity index (χ0n) is 3.14. The van der Waals surface area contributed by atoms with Gasteiger partial charge in [-0.25, -0.2) is 0 Å². The SMILES string of the molecule is CCO.[B]=O. The summed E-state index contributed by atoms with van der Waals surface area (Å²) in [6.07, 6.45) is 0. The molecule has 0 amide bonds. The summed E-state index contributed by atoms with van der Waals surface area (Å²) in [5.41, 5.74) is 0. The Morgan fingerprint density at radius 2 is 1.80 bits per heavy atom.